The number of amides is 2. The number of ether oxygens (including phenoxy) is 1. The first-order valence-electron chi connectivity index (χ1n) is 13.2. The van der Waals surface area contributed by atoms with Gasteiger partial charge in [-0.25, -0.2) is 4.99 Å². The van der Waals surface area contributed by atoms with Crippen molar-refractivity contribution in [1.29, 1.82) is 0 Å². The number of aliphatic imine (C=N–C) groups is 1. The summed E-state index contributed by atoms with van der Waals surface area (Å²) in [6.07, 6.45) is -0.175. The smallest absolute Gasteiger partial charge is 0.325 e. The molecule has 42 heavy (non-hydrogen) atoms. The molecule has 3 aromatic carbocycles. The molecule has 1 N–H and O–H groups in total. The molecule has 1 atom stereocenters. The first kappa shape index (κ1) is 28.4. The number of aromatic nitrogens is 2. The Labute approximate surface area is 247 Å². The summed E-state index contributed by atoms with van der Waals surface area (Å²) in [6, 6.07) is 23.6. The van der Waals surface area contributed by atoms with Crippen LogP contribution in [0.2, 0.25) is 0 Å². The number of nitrogens with zero attached hydrogens (tertiary/aromatic N) is 5. The fourth-order valence-electron chi connectivity index (χ4n) is 4.51. The lowest BCUT2D eigenvalue weighted by Gasteiger charge is -2.22. The summed E-state index contributed by atoms with van der Waals surface area (Å²) in [5.41, 5.74) is 1.92. The minimum absolute atomic E-state index is 0.00227. The standard InChI is InChI=1S/C30H28N6O5S/c1-3-40-23-16-14-22(15-17-23)36-29(39)24(18-26(37)31-21-12-8-5-9-13-21)35(30(36)42)19-25-28(41-33-34(25)2)32-27(38)20-10-6-4-7-11-20/h4-17,24H,3,18-19H2,1-2H3,(H-,31,32,33,37,38). The molecule has 0 aliphatic carbocycles. The molecular formula is C30H28N6O5S. The Balaban J connectivity index is 1.46. The number of nitrogens with one attached hydrogen (secondary N) is 1. The van der Waals surface area contributed by atoms with Crippen molar-refractivity contribution < 1.29 is 28.6 Å². The van der Waals surface area contributed by atoms with E-state index < -0.39 is 11.9 Å². The van der Waals surface area contributed by atoms with Crippen LogP contribution in [0.5, 0.6) is 5.75 Å². The molecule has 11 nitrogen and oxygen atoms in total. The number of thiocarbonyl (C=S) groups is 1. The van der Waals surface area contributed by atoms with E-state index in [2.05, 4.69) is 15.6 Å². The monoisotopic (exact) mass is 584 g/mol. The third-order valence-corrected chi connectivity index (χ3v) is 7.01. The Hall–Kier alpha value is -5.10. The summed E-state index contributed by atoms with van der Waals surface area (Å²) in [6.45, 7) is 2.39. The van der Waals surface area contributed by atoms with Crippen LogP contribution in [-0.2, 0) is 23.2 Å². The van der Waals surface area contributed by atoms with Crippen LogP contribution in [0.15, 0.2) is 94.4 Å². The van der Waals surface area contributed by atoms with Crippen molar-refractivity contribution >= 4 is 52.3 Å². The van der Waals surface area contributed by atoms with Gasteiger partial charge in [0, 0.05) is 5.69 Å². The Bertz CT molecular complexity index is 1610. The molecule has 1 aliphatic rings. The van der Waals surface area contributed by atoms with Crippen LogP contribution >= 0.6 is 12.2 Å². The fraction of sp³-hybridized carbons (Fsp3) is 0.200. The largest absolute Gasteiger partial charge is 0.858 e. The van der Waals surface area contributed by atoms with Crippen LogP contribution in [0, 0.1) is 0 Å². The van der Waals surface area contributed by atoms with Gasteiger partial charge in [0.1, 0.15) is 18.3 Å². The van der Waals surface area contributed by atoms with Gasteiger partial charge in [-0.1, -0.05) is 48.5 Å². The molecule has 0 bridgehead atoms. The van der Waals surface area contributed by atoms with Gasteiger partial charge in [0.25, 0.3) is 11.6 Å². The van der Waals surface area contributed by atoms with E-state index in [1.165, 1.54) is 9.58 Å². The Morgan fingerprint density at radius 2 is 1.76 bits per heavy atom. The lowest BCUT2D eigenvalue weighted by Crippen LogP contribution is -2.42. The van der Waals surface area contributed by atoms with Gasteiger partial charge in [0.2, 0.25) is 11.2 Å². The van der Waals surface area contributed by atoms with Gasteiger partial charge in [-0.05, 0) is 71.7 Å². The molecule has 1 fully saturated rings. The van der Waals surface area contributed by atoms with Gasteiger partial charge in [0.05, 0.1) is 18.7 Å². The molecule has 1 unspecified atom stereocenters. The molecule has 2 amide bonds. The molecule has 4 aromatic rings. The number of carbonyl (C=O) groups is 2. The van der Waals surface area contributed by atoms with Gasteiger partial charge >= 0.3 is 5.88 Å². The summed E-state index contributed by atoms with van der Waals surface area (Å²) in [7, 11) is 1.63. The highest BCUT2D eigenvalue weighted by Gasteiger charge is 2.46. The van der Waals surface area contributed by atoms with Gasteiger partial charge in [-0.2, -0.15) is 0 Å². The van der Waals surface area contributed by atoms with Crippen molar-refractivity contribution in [3.8, 4) is 5.75 Å². The van der Waals surface area contributed by atoms with E-state index in [0.717, 1.165) is 0 Å². The van der Waals surface area contributed by atoms with Crippen LogP contribution in [0.25, 0.3) is 0 Å². The van der Waals surface area contributed by atoms with Crippen molar-refractivity contribution in [3.63, 3.8) is 0 Å². The quantitative estimate of drug-likeness (QED) is 0.131. The SMILES string of the molecule is CCOc1ccc(N2C(=O)C(CC(=O)Nc3ccccc3)N(Cc3c(/N=C(\[O-])c4ccccc4)on[n+]3C)C2=S)cc1. The van der Waals surface area contributed by atoms with Crippen molar-refractivity contribution in [2.75, 3.05) is 16.8 Å². The fourth-order valence-corrected chi connectivity index (χ4v) is 4.90. The minimum Gasteiger partial charge on any atom is -0.858 e. The number of para-hydroxylation sites is 1. The summed E-state index contributed by atoms with van der Waals surface area (Å²) < 4.78 is 12.3. The van der Waals surface area contributed by atoms with Crippen molar-refractivity contribution in [3.05, 3.63) is 96.2 Å². The number of rotatable bonds is 10. The third-order valence-electron chi connectivity index (χ3n) is 6.59. The highest BCUT2D eigenvalue weighted by molar-refractivity contribution is 7.80. The van der Waals surface area contributed by atoms with Crippen molar-refractivity contribution in [2.45, 2.75) is 25.9 Å². The van der Waals surface area contributed by atoms with Gasteiger partial charge in [-0.3, -0.25) is 19.0 Å². The van der Waals surface area contributed by atoms with E-state index >= 15 is 0 Å². The van der Waals surface area contributed by atoms with Crippen LogP contribution in [0.4, 0.5) is 17.3 Å². The second kappa shape index (κ2) is 12.6. The summed E-state index contributed by atoms with van der Waals surface area (Å²) in [5.74, 6) is -0.609. The maximum absolute atomic E-state index is 13.8. The maximum Gasteiger partial charge on any atom is 0.325 e. The highest BCUT2D eigenvalue weighted by atomic mass is 32.1. The van der Waals surface area contributed by atoms with E-state index in [1.807, 2.05) is 13.0 Å². The lowest BCUT2D eigenvalue weighted by molar-refractivity contribution is -0.746. The molecule has 2 heterocycles. The van der Waals surface area contributed by atoms with E-state index in [4.69, 9.17) is 21.5 Å². The lowest BCUT2D eigenvalue weighted by atomic mass is 10.1. The average molecular weight is 585 g/mol. The maximum atomic E-state index is 13.8. The van der Waals surface area contributed by atoms with Crippen LogP contribution in [-0.4, -0.2) is 45.6 Å². The second-order valence-electron chi connectivity index (χ2n) is 9.38. The third kappa shape index (κ3) is 6.13. The minimum atomic E-state index is -0.944. The number of aryl methyl sites for hydroxylation is 1. The van der Waals surface area contributed by atoms with Gasteiger partial charge in [0.15, 0.2) is 12.2 Å². The zero-order chi connectivity index (χ0) is 29.6. The summed E-state index contributed by atoms with van der Waals surface area (Å²) >= 11 is 5.80. The Kier molecular flexibility index (Phi) is 8.53. The molecule has 5 rings (SSSR count). The summed E-state index contributed by atoms with van der Waals surface area (Å²) in [4.78, 5) is 34.1. The van der Waals surface area contributed by atoms with Crippen LogP contribution in [0.1, 0.15) is 24.6 Å². The number of hydrogen-bond acceptors (Lipinski definition) is 8. The number of anilines is 2. The van der Waals surface area contributed by atoms with Crippen molar-refractivity contribution in [2.24, 2.45) is 12.0 Å². The molecule has 0 spiro atoms. The molecule has 0 saturated carbocycles. The molecule has 1 aromatic heterocycles. The number of benzene rings is 3. The van der Waals surface area contributed by atoms with Crippen LogP contribution < -0.4 is 24.7 Å². The Morgan fingerprint density at radius 1 is 1.10 bits per heavy atom. The first-order valence-corrected chi connectivity index (χ1v) is 13.6. The Morgan fingerprint density at radius 3 is 2.43 bits per heavy atom. The molecule has 12 heteroatoms. The van der Waals surface area contributed by atoms with E-state index in [9.17, 15) is 14.7 Å². The molecule has 1 aliphatic heterocycles. The van der Waals surface area contributed by atoms with E-state index in [0.29, 0.717) is 35.0 Å². The average Bonchev–Trinajstić information content (AvgIpc) is 3.45. The molecule has 214 valence electrons. The number of hydrogen-bond donors (Lipinski definition) is 1. The molecule has 1 saturated heterocycles. The zero-order valence-electron chi connectivity index (χ0n) is 23.0. The van der Waals surface area contributed by atoms with E-state index in [-0.39, 0.29) is 35.8 Å². The zero-order valence-corrected chi connectivity index (χ0v) is 23.8. The molecular weight excluding hydrogens is 556 g/mol. The number of carbonyl (C=O) groups excluding carboxylic acids is 2. The first-order chi connectivity index (χ1) is 20.4. The summed E-state index contributed by atoms with van der Waals surface area (Å²) in [5, 5.41) is 19.7. The van der Waals surface area contributed by atoms with Crippen LogP contribution in [0.3, 0.4) is 0 Å². The normalized spacial score (nSPS) is 15.3. The van der Waals surface area contributed by atoms with Crippen molar-refractivity contribution in [1.82, 2.24) is 10.2 Å². The second-order valence-corrected chi connectivity index (χ2v) is 9.74. The van der Waals surface area contributed by atoms with E-state index in [1.54, 1.807) is 90.8 Å². The predicted molar refractivity (Wildman–Crippen MR) is 157 cm³/mol. The highest BCUT2D eigenvalue weighted by Crippen LogP contribution is 2.31. The van der Waals surface area contributed by atoms with Gasteiger partial charge in [-0.15, -0.1) is 0 Å². The topological polar surface area (TPSA) is 127 Å². The predicted octanol–water partition coefficient (Wildman–Crippen LogP) is 2.87. The van der Waals surface area contributed by atoms with Gasteiger partial charge < -0.3 is 20.1 Å². The molecule has 0 radical (unpaired) electrons.